The molecule has 3 rings (SSSR count). The van der Waals surface area contributed by atoms with E-state index in [0.29, 0.717) is 5.52 Å². The summed E-state index contributed by atoms with van der Waals surface area (Å²) in [5.74, 6) is -0.323. The van der Waals surface area contributed by atoms with Gasteiger partial charge in [0, 0.05) is 0 Å². The van der Waals surface area contributed by atoms with Crippen molar-refractivity contribution in [1.82, 2.24) is 24.6 Å². The molecule has 13 nitrogen and oxygen atoms in total. The van der Waals surface area contributed by atoms with E-state index in [1.165, 1.54) is 24.9 Å². The standard InChI is InChI=1S/C19H30N6O7PS/c1-18(2,3)8-30-11(26)6-22-33(34)31-7-10-13(27)19(4,28)16(32-10)25-9-21-12-14(25)23-17(20)24-15(12)29-5/h9-10,13,16,27-28H,6-8H2,1-5H3,(H,22,34)(H2,20,23,24)/q+1/t10-,13+,16-,19+/m1/s1. The molecular formula is C19H30N6O7PS+. The average Bonchev–Trinajstić information content (AvgIpc) is 3.26. The third kappa shape index (κ3) is 5.95. The molecule has 3 heterocycles. The number of nitrogen functional groups attached to an aromatic ring is 1. The topological polar surface area (TPSA) is 176 Å². The molecule has 34 heavy (non-hydrogen) atoms. The van der Waals surface area contributed by atoms with E-state index < -0.39 is 37.1 Å². The van der Waals surface area contributed by atoms with Gasteiger partial charge in [-0.25, -0.2) is 4.98 Å². The second-order valence-corrected chi connectivity index (χ2v) is 11.3. The Kier molecular flexibility index (Phi) is 8.03. The van der Waals surface area contributed by atoms with Gasteiger partial charge in [0.15, 0.2) is 17.4 Å². The van der Waals surface area contributed by atoms with Gasteiger partial charge in [-0.2, -0.15) is 9.97 Å². The van der Waals surface area contributed by atoms with Gasteiger partial charge in [0.1, 0.15) is 31.0 Å². The van der Waals surface area contributed by atoms with Crippen molar-refractivity contribution in [2.75, 3.05) is 32.6 Å². The van der Waals surface area contributed by atoms with Crippen molar-refractivity contribution in [1.29, 1.82) is 0 Å². The number of methoxy groups -OCH3 is 1. The van der Waals surface area contributed by atoms with Gasteiger partial charge in [-0.1, -0.05) is 25.9 Å². The highest BCUT2D eigenvalue weighted by molar-refractivity contribution is 8.02. The molecule has 2 aromatic heterocycles. The minimum absolute atomic E-state index is 0.0481. The van der Waals surface area contributed by atoms with Crippen molar-refractivity contribution in [2.24, 2.45) is 5.41 Å². The van der Waals surface area contributed by atoms with Crippen molar-refractivity contribution < 1.29 is 33.7 Å². The first-order valence-corrected chi connectivity index (χ1v) is 12.7. The van der Waals surface area contributed by atoms with Crippen LogP contribution in [0.5, 0.6) is 5.88 Å². The van der Waals surface area contributed by atoms with E-state index in [0.717, 1.165) is 0 Å². The van der Waals surface area contributed by atoms with Crippen LogP contribution in [0.2, 0.25) is 0 Å². The number of imidazole rings is 1. The van der Waals surface area contributed by atoms with Gasteiger partial charge in [0.25, 0.3) is 0 Å². The van der Waals surface area contributed by atoms with Crippen molar-refractivity contribution >= 4 is 42.0 Å². The van der Waals surface area contributed by atoms with Gasteiger partial charge in [0.2, 0.25) is 23.6 Å². The fourth-order valence-electron chi connectivity index (χ4n) is 3.26. The van der Waals surface area contributed by atoms with Gasteiger partial charge >= 0.3 is 13.0 Å². The number of ether oxygens (including phenoxy) is 3. The van der Waals surface area contributed by atoms with Crippen molar-refractivity contribution in [3.05, 3.63) is 6.33 Å². The zero-order valence-electron chi connectivity index (χ0n) is 19.6. The summed E-state index contributed by atoms with van der Waals surface area (Å²) < 4.78 is 23.3. The molecule has 0 aromatic carbocycles. The van der Waals surface area contributed by atoms with Crippen LogP contribution in [0, 0.1) is 5.41 Å². The van der Waals surface area contributed by atoms with Gasteiger partial charge < -0.3 is 30.2 Å². The molecule has 1 aliphatic rings. The molecule has 1 saturated heterocycles. The van der Waals surface area contributed by atoms with Gasteiger partial charge in [0.05, 0.1) is 20.0 Å². The highest BCUT2D eigenvalue weighted by atomic mass is 32.4. The Morgan fingerprint density at radius 3 is 2.79 bits per heavy atom. The number of aliphatic hydroxyl groups is 2. The number of fused-ring (bicyclic) bond motifs is 1. The first kappa shape index (κ1) is 26.5. The molecule has 0 radical (unpaired) electrons. The third-order valence-corrected chi connectivity index (χ3v) is 6.49. The normalized spacial score (nSPS) is 25.5. The molecule has 0 aliphatic carbocycles. The number of hydrogen-bond acceptors (Lipinski definition) is 12. The zero-order valence-corrected chi connectivity index (χ0v) is 21.3. The number of aromatic nitrogens is 4. The summed E-state index contributed by atoms with van der Waals surface area (Å²) in [4.78, 5) is 24.2. The summed E-state index contributed by atoms with van der Waals surface area (Å²) in [6.45, 7) is 7.35. The number of aliphatic hydroxyl groups excluding tert-OH is 1. The molecular weight excluding hydrogens is 487 g/mol. The number of esters is 1. The van der Waals surface area contributed by atoms with Crippen LogP contribution < -0.4 is 15.6 Å². The predicted molar refractivity (Wildman–Crippen MR) is 125 cm³/mol. The number of hydrogen-bond donors (Lipinski definition) is 4. The zero-order chi connectivity index (χ0) is 25.3. The molecule has 188 valence electrons. The first-order chi connectivity index (χ1) is 15.8. The van der Waals surface area contributed by atoms with Crippen molar-refractivity contribution in [3.8, 4) is 5.88 Å². The maximum atomic E-state index is 11.8. The molecule has 0 saturated carbocycles. The Bertz CT molecular complexity index is 1060. The third-order valence-electron chi connectivity index (χ3n) is 4.98. The average molecular weight is 518 g/mol. The van der Waals surface area contributed by atoms with Gasteiger partial charge in [-0.3, -0.25) is 9.36 Å². The molecule has 0 amide bonds. The smallest absolute Gasteiger partial charge is 0.440 e. The maximum Gasteiger partial charge on any atom is 0.440 e. The predicted octanol–water partition coefficient (Wildman–Crippen LogP) is 0.396. The largest absolute Gasteiger partial charge is 0.479 e. The summed E-state index contributed by atoms with van der Waals surface area (Å²) >= 11 is 5.22. The van der Waals surface area contributed by atoms with E-state index in [-0.39, 0.29) is 42.6 Å². The van der Waals surface area contributed by atoms with Crippen LogP contribution in [0.4, 0.5) is 5.95 Å². The lowest BCUT2D eigenvalue weighted by Gasteiger charge is -2.27. The highest BCUT2D eigenvalue weighted by Gasteiger charge is 2.54. The second kappa shape index (κ2) is 10.3. The summed E-state index contributed by atoms with van der Waals surface area (Å²) in [7, 11) is -0.208. The van der Waals surface area contributed by atoms with E-state index in [4.69, 9.17) is 36.3 Å². The summed E-state index contributed by atoms with van der Waals surface area (Å²) in [6.07, 6.45) is -1.90. The molecule has 1 aliphatic heterocycles. The summed E-state index contributed by atoms with van der Waals surface area (Å²) in [5, 5.41) is 24.5. The lowest BCUT2D eigenvalue weighted by atomic mass is 9.96. The van der Waals surface area contributed by atoms with Crippen LogP contribution in [0.3, 0.4) is 0 Å². The lowest BCUT2D eigenvalue weighted by Crippen LogP contribution is -2.44. The van der Waals surface area contributed by atoms with Crippen LogP contribution in [0.1, 0.15) is 33.9 Å². The fraction of sp³-hybridized carbons (Fsp3) is 0.684. The molecule has 2 aromatic rings. The molecule has 0 bridgehead atoms. The quantitative estimate of drug-likeness (QED) is 0.266. The number of nitrogens with zero attached hydrogens (tertiary/aromatic N) is 4. The van der Waals surface area contributed by atoms with Gasteiger partial charge in [-0.05, 0) is 12.3 Å². The Morgan fingerprint density at radius 2 is 2.15 bits per heavy atom. The monoisotopic (exact) mass is 517 g/mol. The maximum absolute atomic E-state index is 11.8. The SMILES string of the molecule is COc1nc(N)nc2c1ncn2[C@@H]1O[C@H](CO[P+](=S)NCC(=O)OCC(C)(C)C)[C@H](O)[C@]1(C)O. The Hall–Kier alpha value is -2.06. The van der Waals surface area contributed by atoms with E-state index >= 15 is 0 Å². The second-order valence-electron chi connectivity index (χ2n) is 9.22. The summed E-state index contributed by atoms with van der Waals surface area (Å²) in [5.41, 5.74) is 4.48. The van der Waals surface area contributed by atoms with E-state index in [2.05, 4.69) is 20.0 Å². The van der Waals surface area contributed by atoms with Crippen LogP contribution in [0.25, 0.3) is 11.2 Å². The van der Waals surface area contributed by atoms with Gasteiger partial charge in [-0.15, -0.1) is 4.52 Å². The first-order valence-electron chi connectivity index (χ1n) is 10.4. The minimum Gasteiger partial charge on any atom is -0.479 e. The van der Waals surface area contributed by atoms with Crippen LogP contribution in [-0.2, 0) is 30.6 Å². The summed E-state index contributed by atoms with van der Waals surface area (Å²) in [6, 6.07) is 0. The number of anilines is 1. The molecule has 0 spiro atoms. The molecule has 15 heteroatoms. The Labute approximate surface area is 202 Å². The van der Waals surface area contributed by atoms with Crippen molar-refractivity contribution in [2.45, 2.75) is 51.7 Å². The fourth-order valence-corrected chi connectivity index (χ4v) is 4.27. The Balaban J connectivity index is 1.62. The molecule has 1 fully saturated rings. The van der Waals surface area contributed by atoms with Crippen LogP contribution in [-0.4, -0.2) is 80.4 Å². The number of rotatable bonds is 9. The van der Waals surface area contributed by atoms with E-state index in [1.807, 2.05) is 20.8 Å². The minimum atomic E-state index is -1.72. The molecule has 5 atom stereocenters. The van der Waals surface area contributed by atoms with Crippen LogP contribution >= 0.6 is 7.07 Å². The van der Waals surface area contributed by atoms with E-state index in [9.17, 15) is 15.0 Å². The lowest BCUT2D eigenvalue weighted by molar-refractivity contribution is -0.144. The number of nitrogens with two attached hydrogens (primary N) is 1. The highest BCUT2D eigenvalue weighted by Crippen LogP contribution is 2.40. The number of nitrogens with one attached hydrogen (secondary N) is 1. The Morgan fingerprint density at radius 1 is 1.44 bits per heavy atom. The number of carbonyl (C=O) groups excluding carboxylic acids is 1. The van der Waals surface area contributed by atoms with Crippen molar-refractivity contribution in [3.63, 3.8) is 0 Å². The molecule has 5 N–H and O–H groups in total. The molecule has 1 unspecified atom stereocenters. The van der Waals surface area contributed by atoms with Crippen LogP contribution in [0.15, 0.2) is 6.33 Å². The van der Waals surface area contributed by atoms with E-state index in [1.54, 1.807) is 0 Å². The number of carbonyl (C=O) groups is 1.